The van der Waals surface area contributed by atoms with E-state index in [0.717, 1.165) is 4.90 Å². The van der Waals surface area contributed by atoms with Crippen LogP contribution in [0.2, 0.25) is 0 Å². The number of aliphatic hydroxyl groups is 3. The third-order valence-electron chi connectivity index (χ3n) is 18.3. The zero-order valence-electron chi connectivity index (χ0n) is 58.5. The number of carboxylic acid groups (broad SMARTS) is 1. The Morgan fingerprint density at radius 2 is 1.48 bits per heavy atom. The molecule has 28 nitrogen and oxygen atoms in total. The maximum absolute atomic E-state index is 14.1. The number of ketones is 2. The highest BCUT2D eigenvalue weighted by molar-refractivity contribution is 6.12. The lowest BCUT2D eigenvalue weighted by Crippen LogP contribution is -2.53. The van der Waals surface area contributed by atoms with Crippen LogP contribution >= 0.6 is 0 Å². The van der Waals surface area contributed by atoms with Crippen LogP contribution in [-0.2, 0) is 79.9 Å². The van der Waals surface area contributed by atoms with E-state index in [1.54, 1.807) is 96.2 Å². The normalized spacial score (nSPS) is 23.8. The SMILES string of the molecule is CC[C@H](O)[C@@H](C)[C@H]1O[C@@H]1C[C@@](C)(O)/C=C/C=C(\C)[C@H]1OC(=O)C[C@H](O)CC[C@@](C)(OC(C)=O)[C@@H](OC(=O)N2CCN(C(=O)OCc3ccc(CC(=O)[C@H](CCCNC(N)=O)NC(=O)[C@@H](CC(=O)[C@@H](CCC(=O)O)NC(=O)CCCCCN4C(=O)C=CC4=O)C(C)C)cc3)CC2)/C=C/[C@@H]1C. The summed E-state index contributed by atoms with van der Waals surface area (Å²) in [6.45, 7) is 15.5. The van der Waals surface area contributed by atoms with Crippen LogP contribution in [0.25, 0.3) is 0 Å². The number of nitrogens with two attached hydrogens (primary N) is 1. The average Bonchev–Trinajstić information content (AvgIpc) is 1.74. The van der Waals surface area contributed by atoms with Crippen LogP contribution in [0.4, 0.5) is 14.4 Å². The molecule has 8 amide bonds. The van der Waals surface area contributed by atoms with Gasteiger partial charge >= 0.3 is 36.1 Å². The summed E-state index contributed by atoms with van der Waals surface area (Å²) in [4.78, 5) is 159. The highest BCUT2D eigenvalue weighted by Gasteiger charge is 2.48. The molecule has 0 unspecified atom stereocenters. The van der Waals surface area contributed by atoms with Gasteiger partial charge in [0, 0.05) is 108 Å². The van der Waals surface area contributed by atoms with Crippen molar-refractivity contribution in [1.29, 1.82) is 0 Å². The van der Waals surface area contributed by atoms with Gasteiger partial charge in [-0.25, -0.2) is 14.4 Å². The first kappa shape index (κ1) is 81.3. The number of benzene rings is 1. The first-order valence-electron chi connectivity index (χ1n) is 34.3. The average molecular weight is 1390 g/mol. The van der Waals surface area contributed by atoms with Gasteiger partial charge in [0.1, 0.15) is 18.3 Å². The molecule has 4 heterocycles. The second kappa shape index (κ2) is 38.9. The van der Waals surface area contributed by atoms with E-state index < -0.39 is 150 Å². The van der Waals surface area contributed by atoms with Gasteiger partial charge in [0.25, 0.3) is 11.8 Å². The number of aliphatic carboxylic acids is 1. The largest absolute Gasteiger partial charge is 0.481 e. The quantitative estimate of drug-likeness (QED) is 0.00808. The summed E-state index contributed by atoms with van der Waals surface area (Å²) in [6.07, 6.45) is 5.70. The van der Waals surface area contributed by atoms with E-state index in [2.05, 4.69) is 16.0 Å². The van der Waals surface area contributed by atoms with Gasteiger partial charge in [-0.3, -0.25) is 48.1 Å². The van der Waals surface area contributed by atoms with Crippen molar-refractivity contribution < 1.29 is 102 Å². The van der Waals surface area contributed by atoms with E-state index in [4.69, 9.17) is 29.4 Å². The number of carboxylic acids is 1. The molecule has 1 aromatic carbocycles. The number of amides is 8. The number of nitrogens with zero attached hydrogens (tertiary/aromatic N) is 3. The number of rotatable bonds is 35. The van der Waals surface area contributed by atoms with Gasteiger partial charge in [-0.05, 0) is 101 Å². The van der Waals surface area contributed by atoms with Gasteiger partial charge in [0.2, 0.25) is 11.8 Å². The molecule has 0 bridgehead atoms. The van der Waals surface area contributed by atoms with Crippen LogP contribution in [0, 0.1) is 23.7 Å². The van der Waals surface area contributed by atoms with E-state index in [-0.39, 0.29) is 115 Å². The summed E-state index contributed by atoms with van der Waals surface area (Å²) in [5.41, 5.74) is 4.18. The Bertz CT molecular complexity index is 3100. The summed E-state index contributed by atoms with van der Waals surface area (Å²) in [5.74, 6) is -7.63. The lowest BCUT2D eigenvalue weighted by molar-refractivity contribution is -0.168. The minimum atomic E-state index is -1.52. The van der Waals surface area contributed by atoms with Crippen LogP contribution in [0.1, 0.15) is 163 Å². The number of allylic oxidation sites excluding steroid dienone is 2. The summed E-state index contributed by atoms with van der Waals surface area (Å²) in [5, 5.41) is 49.9. The Morgan fingerprint density at radius 3 is 2.10 bits per heavy atom. The van der Waals surface area contributed by atoms with Gasteiger partial charge in [-0.2, -0.15) is 0 Å². The van der Waals surface area contributed by atoms with E-state index in [1.807, 2.05) is 13.8 Å². The molecule has 5 rings (SSSR count). The number of urea groups is 1. The maximum atomic E-state index is 14.1. The molecular weight excluding hydrogens is 1290 g/mol. The lowest BCUT2D eigenvalue weighted by Gasteiger charge is -2.38. The number of Topliss-reactive ketones (excluding diaryl/α,β-unsaturated/α-hetero) is 2. The van der Waals surface area contributed by atoms with Crippen LogP contribution in [0.15, 0.2) is 72.4 Å². The molecule has 0 radical (unpaired) electrons. The topological polar surface area (TPSA) is 407 Å². The van der Waals surface area contributed by atoms with Crippen molar-refractivity contribution in [2.45, 2.75) is 225 Å². The Balaban J connectivity index is 1.16. The fourth-order valence-corrected chi connectivity index (χ4v) is 12.1. The summed E-state index contributed by atoms with van der Waals surface area (Å²) < 4.78 is 29.3. The molecule has 1 aromatic rings. The minimum absolute atomic E-state index is 0.0185. The Hall–Kier alpha value is -8.34. The number of esters is 2. The summed E-state index contributed by atoms with van der Waals surface area (Å²) >= 11 is 0. The number of primary amides is 1. The molecule has 4 aliphatic rings. The summed E-state index contributed by atoms with van der Waals surface area (Å²) in [7, 11) is 0. The van der Waals surface area contributed by atoms with Crippen molar-refractivity contribution in [3.05, 3.63) is 83.5 Å². The third-order valence-corrected chi connectivity index (χ3v) is 18.3. The van der Waals surface area contributed by atoms with Crippen molar-refractivity contribution in [3.8, 4) is 0 Å². The predicted molar refractivity (Wildman–Crippen MR) is 359 cm³/mol. The van der Waals surface area contributed by atoms with Crippen molar-refractivity contribution in [1.82, 2.24) is 30.7 Å². The molecule has 4 aliphatic heterocycles. The fourth-order valence-electron chi connectivity index (χ4n) is 12.1. The number of piperazine rings is 1. The number of imide groups is 1. The predicted octanol–water partition coefficient (Wildman–Crippen LogP) is 5.35. The van der Waals surface area contributed by atoms with Crippen molar-refractivity contribution in [3.63, 3.8) is 0 Å². The molecular formula is C71H103N7O21. The van der Waals surface area contributed by atoms with E-state index in [1.165, 1.54) is 28.9 Å². The molecule has 2 fully saturated rings. The molecule has 0 saturated carbocycles. The third kappa shape index (κ3) is 27.0. The Morgan fingerprint density at radius 1 is 0.848 bits per heavy atom. The first-order chi connectivity index (χ1) is 46.7. The van der Waals surface area contributed by atoms with E-state index >= 15 is 0 Å². The smallest absolute Gasteiger partial charge is 0.410 e. The van der Waals surface area contributed by atoms with Crippen molar-refractivity contribution >= 4 is 71.3 Å². The molecule has 0 spiro atoms. The number of aliphatic hydroxyl groups excluding tert-OH is 2. The van der Waals surface area contributed by atoms with Gasteiger partial charge < -0.3 is 75.6 Å². The van der Waals surface area contributed by atoms with Crippen molar-refractivity contribution in [2.75, 3.05) is 39.3 Å². The number of carbonyl (C=O) groups is 12. The van der Waals surface area contributed by atoms with Crippen LogP contribution in [-0.4, -0.2) is 206 Å². The number of hydrogen-bond donors (Lipinski definition) is 8. The standard InChI is InChI=1S/C71H103N7O21/c1-10-54(81)46(6)65-57(96-65)41-70(8,94)30-14-16-44(4)64-45(5)19-25-58(71(9,99-47(7)79)31-29-50(80)39-63(89)98-64)97-69(93)77-36-34-76(35-37-77)68(92)95-42-49-22-20-48(21-23-49)38-55(82)52(17-15-32-73-67(72)91)75-66(90)51(43(2)3)40-56(83)53(24-28-62(87)88)74-59(84)18-12-11-13-33-78-60(85)26-27-61(78)86/h14,16,19-23,25-27,30,43,45-46,50-54,57-58,64-65,80-81,94H,10-13,15,17-18,24,28-29,31-42H2,1-9H3,(H,74,84)(H,75,90)(H,87,88)(H3,72,73,91)/b25-19+,30-14+,44-16+/t45-,46+,50+,51-,52-,53+,54-,57+,58-,64+,65+,70-,71+/m0/s1. The van der Waals surface area contributed by atoms with Gasteiger partial charge in [0.15, 0.2) is 17.7 Å². The Kier molecular flexibility index (Phi) is 31.9. The number of cyclic esters (lactones) is 1. The highest BCUT2D eigenvalue weighted by atomic mass is 16.6. The van der Waals surface area contributed by atoms with Crippen LogP contribution in [0.5, 0.6) is 0 Å². The molecule has 548 valence electrons. The van der Waals surface area contributed by atoms with Gasteiger partial charge in [0.05, 0.1) is 48.5 Å². The summed E-state index contributed by atoms with van der Waals surface area (Å²) in [6, 6.07) is 3.53. The minimum Gasteiger partial charge on any atom is -0.481 e. The zero-order chi connectivity index (χ0) is 73.3. The maximum Gasteiger partial charge on any atom is 0.410 e. The fraction of sp³-hybridized carbons (Fsp3) is 0.634. The van der Waals surface area contributed by atoms with E-state index in [9.17, 15) is 78.0 Å². The van der Waals surface area contributed by atoms with Crippen molar-refractivity contribution in [2.24, 2.45) is 29.4 Å². The number of carbonyl (C=O) groups excluding carboxylic acids is 11. The number of nitrogens with one attached hydrogen (secondary N) is 3. The van der Waals surface area contributed by atoms with Crippen LogP contribution < -0.4 is 21.7 Å². The monoisotopic (exact) mass is 1390 g/mol. The van der Waals surface area contributed by atoms with Crippen LogP contribution in [0.3, 0.4) is 0 Å². The zero-order valence-corrected chi connectivity index (χ0v) is 58.5. The first-order valence-corrected chi connectivity index (χ1v) is 34.3. The molecule has 0 aliphatic carbocycles. The Labute approximate surface area is 578 Å². The van der Waals surface area contributed by atoms with E-state index in [0.29, 0.717) is 48.8 Å². The number of hydrogen-bond acceptors (Lipinski definition) is 20. The highest BCUT2D eigenvalue weighted by Crippen LogP contribution is 2.38. The molecule has 28 heteroatoms. The second-order valence-electron chi connectivity index (χ2n) is 27.1. The van der Waals surface area contributed by atoms with Gasteiger partial charge in [-0.15, -0.1) is 0 Å². The molecule has 99 heavy (non-hydrogen) atoms. The number of ether oxygens (including phenoxy) is 5. The molecule has 2 saturated heterocycles. The molecule has 9 N–H and O–H groups in total. The lowest BCUT2D eigenvalue weighted by atomic mass is 9.86. The molecule has 13 atom stereocenters. The molecule has 0 aromatic heterocycles. The number of epoxide rings is 1. The number of unbranched alkanes of at least 4 members (excludes halogenated alkanes) is 2. The second-order valence-corrected chi connectivity index (χ2v) is 27.1. The van der Waals surface area contributed by atoms with Gasteiger partial charge in [-0.1, -0.05) is 89.6 Å².